The Kier molecular flexibility index (Phi) is 14.4. The maximum atomic E-state index is 12.8. The van der Waals surface area contributed by atoms with Gasteiger partial charge < -0.3 is 9.47 Å². The van der Waals surface area contributed by atoms with Gasteiger partial charge in [0, 0.05) is 0 Å². The number of benzene rings is 6. The van der Waals surface area contributed by atoms with Crippen molar-refractivity contribution in [2.24, 2.45) is 0 Å². The fraction of sp³-hybridized carbons (Fsp3) is 0.321. The highest BCUT2D eigenvalue weighted by Crippen LogP contribution is 2.38. The molecule has 0 N–H and O–H groups in total. The van der Waals surface area contributed by atoms with E-state index in [1.807, 2.05) is 26.0 Å². The first-order valence-electron chi connectivity index (χ1n) is 21.1. The number of unbranched alkanes of at least 4 members (excludes halogenated alkanes) is 6. The van der Waals surface area contributed by atoms with E-state index in [9.17, 15) is 26.3 Å². The molecule has 0 aliphatic carbocycles. The number of rotatable bonds is 16. The van der Waals surface area contributed by atoms with E-state index in [0.717, 1.165) is 79.6 Å². The zero-order valence-electron chi connectivity index (χ0n) is 35.8. The van der Waals surface area contributed by atoms with Crippen LogP contribution in [0, 0.1) is 41.5 Å². The van der Waals surface area contributed by atoms with Crippen LogP contribution < -0.4 is 9.47 Å². The topological polar surface area (TPSA) is 18.5 Å². The average molecular weight is 837 g/mol. The van der Waals surface area contributed by atoms with Gasteiger partial charge in [0.25, 0.3) is 0 Å². The Balaban J connectivity index is 0.894. The largest absolute Gasteiger partial charge is 0.573 e. The molecule has 6 aromatic rings. The minimum absolute atomic E-state index is 0.170. The summed E-state index contributed by atoms with van der Waals surface area (Å²) in [7, 11) is 0. The van der Waals surface area contributed by atoms with E-state index in [-0.39, 0.29) is 11.5 Å². The predicted molar refractivity (Wildman–Crippen MR) is 236 cm³/mol. The zero-order valence-corrected chi connectivity index (χ0v) is 35.8. The number of ether oxygens (including phenoxy) is 2. The van der Waals surface area contributed by atoms with Crippen LogP contribution in [0.2, 0.25) is 0 Å². The average Bonchev–Trinajstić information content (AvgIpc) is 3.20. The van der Waals surface area contributed by atoms with Gasteiger partial charge in [0.2, 0.25) is 0 Å². The molecule has 0 bridgehead atoms. The Bertz CT molecular complexity index is 2260. The predicted octanol–water partition coefficient (Wildman–Crippen LogP) is 16.5. The molecule has 0 unspecified atom stereocenters. The number of aryl methyl sites for hydroxylation is 4. The SMILES string of the molecule is Cc1cc(-c2ccc(OC(F)(F)F)c(C)c2C)ccc1-c1ccc(CCCCCCCCCc2ccc(-c3ccc(-c4ccc(OC(F)(F)F)c(C)c4C)cc3C)cc2)cc1. The smallest absolute Gasteiger partial charge is 0.406 e. The van der Waals surface area contributed by atoms with Crippen molar-refractivity contribution in [3.63, 3.8) is 0 Å². The molecule has 0 saturated heterocycles. The maximum Gasteiger partial charge on any atom is 0.573 e. The van der Waals surface area contributed by atoms with Crippen molar-refractivity contribution in [3.05, 3.63) is 154 Å². The monoisotopic (exact) mass is 836 g/mol. The van der Waals surface area contributed by atoms with Gasteiger partial charge in [0.1, 0.15) is 11.5 Å². The van der Waals surface area contributed by atoms with E-state index in [0.29, 0.717) is 11.1 Å². The van der Waals surface area contributed by atoms with E-state index in [1.54, 1.807) is 26.0 Å². The highest BCUT2D eigenvalue weighted by atomic mass is 19.4. The van der Waals surface area contributed by atoms with Crippen molar-refractivity contribution in [2.75, 3.05) is 0 Å². The third-order valence-electron chi connectivity index (χ3n) is 12.0. The quantitative estimate of drug-likeness (QED) is 0.0714. The maximum absolute atomic E-state index is 12.8. The lowest BCUT2D eigenvalue weighted by Crippen LogP contribution is -2.18. The summed E-state index contributed by atoms with van der Waals surface area (Å²) in [6.45, 7) is 11.1. The van der Waals surface area contributed by atoms with Crippen LogP contribution in [0.3, 0.4) is 0 Å². The molecule has 6 rings (SSSR count). The van der Waals surface area contributed by atoms with Crippen LogP contribution in [-0.2, 0) is 12.8 Å². The summed E-state index contributed by atoms with van der Waals surface area (Å²) in [6.07, 6.45) is 1.17. The van der Waals surface area contributed by atoms with Crippen molar-refractivity contribution < 1.29 is 35.8 Å². The number of halogens is 6. The summed E-state index contributed by atoms with van der Waals surface area (Å²) in [5, 5.41) is 0. The molecule has 0 saturated carbocycles. The molecule has 0 aliphatic rings. The summed E-state index contributed by atoms with van der Waals surface area (Å²) >= 11 is 0. The molecule has 0 spiro atoms. The molecule has 0 radical (unpaired) electrons. The number of hydrogen-bond donors (Lipinski definition) is 0. The van der Waals surface area contributed by atoms with Gasteiger partial charge in [0.15, 0.2) is 0 Å². The molecule has 2 nitrogen and oxygen atoms in total. The summed E-state index contributed by atoms with van der Waals surface area (Å²) in [5.74, 6) is -0.339. The fourth-order valence-electron chi connectivity index (χ4n) is 8.24. The van der Waals surface area contributed by atoms with Crippen LogP contribution in [0.1, 0.15) is 89.5 Å². The van der Waals surface area contributed by atoms with E-state index in [2.05, 4.69) is 96.1 Å². The molecule has 0 amide bonds. The van der Waals surface area contributed by atoms with Gasteiger partial charge in [-0.25, -0.2) is 0 Å². The number of alkyl halides is 6. The van der Waals surface area contributed by atoms with Crippen molar-refractivity contribution >= 4 is 0 Å². The van der Waals surface area contributed by atoms with E-state index in [4.69, 9.17) is 0 Å². The van der Waals surface area contributed by atoms with Gasteiger partial charge in [-0.05, 0) is 168 Å². The molecule has 6 aromatic carbocycles. The van der Waals surface area contributed by atoms with Crippen molar-refractivity contribution in [1.82, 2.24) is 0 Å². The van der Waals surface area contributed by atoms with Crippen molar-refractivity contribution in [2.45, 2.75) is 112 Å². The normalized spacial score (nSPS) is 11.9. The molecule has 0 heterocycles. The minimum atomic E-state index is -4.72. The standard InChI is InChI=1S/C53H54F6O2/c1-34-32-44(48-28-30-50(38(5)36(48)3)60-52(54,55)56)24-26-46(34)42-20-16-40(17-21-42)14-12-10-8-7-9-11-13-15-41-18-22-43(23-19-41)47-27-25-45(33-35(47)2)49-29-31-51(39(6)37(49)4)61-53(57,58)59/h16-33H,7-15H2,1-6H3. The Morgan fingerprint density at radius 2 is 0.656 bits per heavy atom. The van der Waals surface area contributed by atoms with E-state index < -0.39 is 12.7 Å². The number of hydrogen-bond acceptors (Lipinski definition) is 2. The van der Waals surface area contributed by atoms with Crippen LogP contribution in [0.4, 0.5) is 26.3 Å². The summed E-state index contributed by atoms with van der Waals surface area (Å²) in [4.78, 5) is 0. The molecule has 8 heteroatoms. The van der Waals surface area contributed by atoms with Gasteiger partial charge in [-0.3, -0.25) is 0 Å². The van der Waals surface area contributed by atoms with Gasteiger partial charge in [-0.15, -0.1) is 26.3 Å². The third kappa shape index (κ3) is 11.9. The molecule has 0 fully saturated rings. The summed E-state index contributed by atoms with van der Waals surface area (Å²) in [5.41, 5.74) is 15.6. The highest BCUT2D eigenvalue weighted by molar-refractivity contribution is 5.77. The third-order valence-corrected chi connectivity index (χ3v) is 12.0. The lowest BCUT2D eigenvalue weighted by molar-refractivity contribution is -0.275. The molecule has 0 aliphatic heterocycles. The second-order valence-corrected chi connectivity index (χ2v) is 16.2. The second-order valence-electron chi connectivity index (χ2n) is 16.2. The van der Waals surface area contributed by atoms with Crippen molar-refractivity contribution in [1.29, 1.82) is 0 Å². The first-order valence-corrected chi connectivity index (χ1v) is 21.1. The van der Waals surface area contributed by atoms with E-state index in [1.165, 1.54) is 68.2 Å². The van der Waals surface area contributed by atoms with Gasteiger partial charge in [-0.2, -0.15) is 0 Å². The van der Waals surface area contributed by atoms with Crippen molar-refractivity contribution in [3.8, 4) is 56.0 Å². The van der Waals surface area contributed by atoms with Crippen LogP contribution in [0.5, 0.6) is 11.5 Å². The molecule has 0 aromatic heterocycles. The molecular weight excluding hydrogens is 783 g/mol. The zero-order chi connectivity index (χ0) is 43.9. The minimum Gasteiger partial charge on any atom is -0.406 e. The lowest BCUT2D eigenvalue weighted by atomic mass is 9.92. The van der Waals surface area contributed by atoms with E-state index >= 15 is 0 Å². The lowest BCUT2D eigenvalue weighted by Gasteiger charge is -2.17. The van der Waals surface area contributed by atoms with Gasteiger partial charge >= 0.3 is 12.7 Å². The fourth-order valence-corrected chi connectivity index (χ4v) is 8.24. The molecule has 61 heavy (non-hydrogen) atoms. The second kappa shape index (κ2) is 19.5. The van der Waals surface area contributed by atoms with Gasteiger partial charge in [0.05, 0.1) is 0 Å². The van der Waals surface area contributed by atoms with Gasteiger partial charge in [-0.1, -0.05) is 129 Å². The first-order chi connectivity index (χ1) is 29.0. The van der Waals surface area contributed by atoms with Crippen LogP contribution in [0.15, 0.2) is 109 Å². The Hall–Kier alpha value is -5.50. The molecule has 0 atom stereocenters. The summed E-state index contributed by atoms with van der Waals surface area (Å²) in [6, 6.07) is 36.2. The molecular formula is C53H54F6O2. The van der Waals surface area contributed by atoms with Crippen LogP contribution >= 0.6 is 0 Å². The highest BCUT2D eigenvalue weighted by Gasteiger charge is 2.33. The molecule has 320 valence electrons. The van der Waals surface area contributed by atoms with Crippen LogP contribution in [-0.4, -0.2) is 12.7 Å². The Morgan fingerprint density at radius 1 is 0.344 bits per heavy atom. The Labute approximate surface area is 356 Å². The Morgan fingerprint density at radius 3 is 0.984 bits per heavy atom. The van der Waals surface area contributed by atoms with Crippen LogP contribution in [0.25, 0.3) is 44.5 Å². The summed E-state index contributed by atoms with van der Waals surface area (Å²) < 4.78 is 85.3. The first kappa shape index (κ1) is 45.0.